The lowest BCUT2D eigenvalue weighted by Gasteiger charge is -2.01. The van der Waals surface area contributed by atoms with Crippen molar-refractivity contribution in [3.05, 3.63) is 41.2 Å². The smallest absolute Gasteiger partial charge is 0.337 e. The summed E-state index contributed by atoms with van der Waals surface area (Å²) in [5, 5.41) is 8.67. The molecule has 0 fully saturated rings. The van der Waals surface area contributed by atoms with Crippen molar-refractivity contribution in [1.29, 1.82) is 0 Å². The number of anilines is 2. The quantitative estimate of drug-likeness (QED) is 0.710. The third kappa shape index (κ3) is 1.92. The second-order valence-electron chi connectivity index (χ2n) is 2.54. The van der Waals surface area contributed by atoms with E-state index in [1.165, 1.54) is 6.20 Å². The molecule has 0 radical (unpaired) electrons. The highest BCUT2D eigenvalue weighted by molar-refractivity contribution is 5.52. The molecule has 2 rings (SSSR count). The Balaban J connectivity index is 2.24. The minimum atomic E-state index is -0.487. The Morgan fingerprint density at radius 3 is 3.00 bits per heavy atom. The van der Waals surface area contributed by atoms with Crippen molar-refractivity contribution in [3.63, 3.8) is 0 Å². The van der Waals surface area contributed by atoms with Gasteiger partial charge in [0.2, 0.25) is 0 Å². The van der Waals surface area contributed by atoms with E-state index in [9.17, 15) is 4.79 Å². The second-order valence-corrected chi connectivity index (χ2v) is 2.54. The number of nitrogens with one attached hydrogen (secondary N) is 2. The van der Waals surface area contributed by atoms with Crippen LogP contribution in [0.5, 0.6) is 0 Å². The van der Waals surface area contributed by atoms with Crippen LogP contribution in [-0.2, 0) is 0 Å². The van der Waals surface area contributed by atoms with Gasteiger partial charge in [0.15, 0.2) is 5.82 Å². The Kier molecular flexibility index (Phi) is 2.18. The first-order chi connectivity index (χ1) is 6.84. The number of H-pyrrole nitrogens is 1. The van der Waals surface area contributed by atoms with Crippen LogP contribution in [0.1, 0.15) is 0 Å². The number of nitrogens with zero attached hydrogens (tertiary/aromatic N) is 3. The van der Waals surface area contributed by atoms with E-state index in [2.05, 4.69) is 25.5 Å². The molecule has 0 saturated heterocycles. The Hall–Kier alpha value is -2.24. The molecule has 0 aromatic carbocycles. The van der Waals surface area contributed by atoms with Crippen LogP contribution in [0.2, 0.25) is 0 Å². The van der Waals surface area contributed by atoms with Gasteiger partial charge in [-0.2, -0.15) is 10.1 Å². The summed E-state index contributed by atoms with van der Waals surface area (Å²) in [6, 6.07) is 3.60. The summed E-state index contributed by atoms with van der Waals surface area (Å²) in [5.74, 6) is 0.391. The number of rotatable bonds is 2. The van der Waals surface area contributed by atoms with E-state index in [4.69, 9.17) is 0 Å². The summed E-state index contributed by atoms with van der Waals surface area (Å²) < 4.78 is 0. The van der Waals surface area contributed by atoms with E-state index < -0.39 is 5.69 Å². The molecule has 0 unspecified atom stereocenters. The summed E-state index contributed by atoms with van der Waals surface area (Å²) in [4.78, 5) is 18.4. The first kappa shape index (κ1) is 8.36. The van der Waals surface area contributed by atoms with Gasteiger partial charge >= 0.3 is 5.69 Å². The molecule has 0 saturated carbocycles. The minimum Gasteiger partial charge on any atom is -0.337 e. The maximum Gasteiger partial charge on any atom is 0.363 e. The van der Waals surface area contributed by atoms with Crippen molar-refractivity contribution in [2.24, 2.45) is 0 Å². The van der Waals surface area contributed by atoms with Crippen LogP contribution in [-0.4, -0.2) is 20.2 Å². The molecule has 2 aromatic rings. The molecule has 2 N–H and O–H groups in total. The molecular formula is C8H7N5O. The zero-order chi connectivity index (χ0) is 9.80. The zero-order valence-corrected chi connectivity index (χ0v) is 7.14. The van der Waals surface area contributed by atoms with Gasteiger partial charge in [0.05, 0.1) is 18.1 Å². The summed E-state index contributed by atoms with van der Waals surface area (Å²) in [6.45, 7) is 0. The fraction of sp³-hybridized carbons (Fsp3) is 0. The van der Waals surface area contributed by atoms with Gasteiger partial charge < -0.3 is 5.32 Å². The van der Waals surface area contributed by atoms with Crippen LogP contribution >= 0.6 is 0 Å². The molecule has 6 nitrogen and oxygen atoms in total. The monoisotopic (exact) mass is 189 g/mol. The van der Waals surface area contributed by atoms with Crippen molar-refractivity contribution in [3.8, 4) is 0 Å². The maximum absolute atomic E-state index is 10.8. The molecule has 0 atom stereocenters. The molecule has 0 aliphatic carbocycles. The average Bonchev–Trinajstić information content (AvgIpc) is 2.19. The van der Waals surface area contributed by atoms with Crippen LogP contribution in [0.3, 0.4) is 0 Å². The molecule has 14 heavy (non-hydrogen) atoms. The van der Waals surface area contributed by atoms with Crippen molar-refractivity contribution >= 4 is 11.5 Å². The normalized spacial score (nSPS) is 9.71. The number of aromatic amines is 1. The van der Waals surface area contributed by atoms with Crippen molar-refractivity contribution in [2.45, 2.75) is 0 Å². The SMILES string of the molecule is O=c1nc(Nc2cccnc2)cn[nH]1. The molecule has 0 aliphatic rings. The lowest BCUT2D eigenvalue weighted by molar-refractivity contribution is 0.918. The maximum atomic E-state index is 10.8. The molecule has 0 amide bonds. The van der Waals surface area contributed by atoms with Gasteiger partial charge in [-0.3, -0.25) is 4.98 Å². The molecule has 2 aromatic heterocycles. The number of pyridine rings is 1. The van der Waals surface area contributed by atoms with Crippen molar-refractivity contribution in [2.75, 3.05) is 5.32 Å². The fourth-order valence-electron chi connectivity index (χ4n) is 0.957. The Labute approximate surface area is 79.0 Å². The second kappa shape index (κ2) is 3.65. The van der Waals surface area contributed by atoms with Crippen molar-refractivity contribution < 1.29 is 0 Å². The molecule has 6 heteroatoms. The van der Waals surface area contributed by atoms with Gasteiger partial charge in [0.1, 0.15) is 0 Å². The standard InChI is InChI=1S/C8H7N5O/c14-8-12-7(5-10-13-8)11-6-2-1-3-9-4-6/h1-5H,(H2,11,12,13,14). The highest BCUT2D eigenvalue weighted by atomic mass is 16.1. The van der Waals surface area contributed by atoms with Crippen molar-refractivity contribution in [1.82, 2.24) is 20.2 Å². The first-order valence-electron chi connectivity index (χ1n) is 3.93. The number of hydrogen-bond acceptors (Lipinski definition) is 5. The molecular weight excluding hydrogens is 182 g/mol. The molecule has 0 spiro atoms. The van der Waals surface area contributed by atoms with Gasteiger partial charge in [-0.15, -0.1) is 0 Å². The summed E-state index contributed by atoms with van der Waals surface area (Å²) in [6.07, 6.45) is 4.71. The highest BCUT2D eigenvalue weighted by Gasteiger charge is 1.95. The molecule has 0 aliphatic heterocycles. The lowest BCUT2D eigenvalue weighted by atomic mass is 10.4. The number of hydrogen-bond donors (Lipinski definition) is 2. The number of aromatic nitrogens is 4. The molecule has 0 bridgehead atoms. The first-order valence-corrected chi connectivity index (χ1v) is 3.93. The van der Waals surface area contributed by atoms with E-state index in [0.717, 1.165) is 5.69 Å². The van der Waals surface area contributed by atoms with Gasteiger partial charge in [0, 0.05) is 6.20 Å². The largest absolute Gasteiger partial charge is 0.363 e. The Morgan fingerprint density at radius 2 is 2.29 bits per heavy atom. The predicted molar refractivity (Wildman–Crippen MR) is 50.2 cm³/mol. The van der Waals surface area contributed by atoms with E-state index in [1.54, 1.807) is 18.5 Å². The molecule has 2 heterocycles. The van der Waals surface area contributed by atoms with Crippen LogP contribution in [0, 0.1) is 0 Å². The third-order valence-corrected chi connectivity index (χ3v) is 1.50. The van der Waals surface area contributed by atoms with Gasteiger partial charge in [-0.25, -0.2) is 9.89 Å². The van der Waals surface area contributed by atoms with Gasteiger partial charge in [0.25, 0.3) is 0 Å². The Morgan fingerprint density at radius 1 is 1.36 bits per heavy atom. The summed E-state index contributed by atoms with van der Waals surface area (Å²) >= 11 is 0. The third-order valence-electron chi connectivity index (χ3n) is 1.50. The van der Waals surface area contributed by atoms with Crippen LogP contribution in [0.25, 0.3) is 0 Å². The zero-order valence-electron chi connectivity index (χ0n) is 7.14. The average molecular weight is 189 g/mol. The summed E-state index contributed by atoms with van der Waals surface area (Å²) in [5.41, 5.74) is 0.270. The van der Waals surface area contributed by atoms with E-state index in [-0.39, 0.29) is 0 Å². The van der Waals surface area contributed by atoms with E-state index >= 15 is 0 Å². The molecule has 70 valence electrons. The summed E-state index contributed by atoms with van der Waals surface area (Å²) in [7, 11) is 0. The lowest BCUT2D eigenvalue weighted by Crippen LogP contribution is -2.13. The van der Waals surface area contributed by atoms with Crippen LogP contribution < -0.4 is 11.0 Å². The van der Waals surface area contributed by atoms with E-state index in [1.807, 2.05) is 6.07 Å². The van der Waals surface area contributed by atoms with Gasteiger partial charge in [-0.1, -0.05) is 0 Å². The van der Waals surface area contributed by atoms with E-state index in [0.29, 0.717) is 5.82 Å². The predicted octanol–water partition coefficient (Wildman–Crippen LogP) is 0.303. The Bertz CT molecular complexity index is 466. The van der Waals surface area contributed by atoms with Crippen LogP contribution in [0.4, 0.5) is 11.5 Å². The highest BCUT2D eigenvalue weighted by Crippen LogP contribution is 2.08. The minimum absolute atomic E-state index is 0.391. The fourth-order valence-corrected chi connectivity index (χ4v) is 0.957. The van der Waals surface area contributed by atoms with Gasteiger partial charge in [-0.05, 0) is 12.1 Å². The topological polar surface area (TPSA) is 83.6 Å². The van der Waals surface area contributed by atoms with Crippen LogP contribution in [0.15, 0.2) is 35.5 Å².